The highest BCUT2D eigenvalue weighted by Gasteiger charge is 2.45. The van der Waals surface area contributed by atoms with Crippen molar-refractivity contribution in [2.24, 2.45) is 0 Å². The normalized spacial score (nSPS) is 13.8. The minimum absolute atomic E-state index is 0.357. The maximum absolute atomic E-state index is 12.9. The van der Waals surface area contributed by atoms with Crippen LogP contribution in [0.15, 0.2) is 18.2 Å². The highest BCUT2D eigenvalue weighted by Crippen LogP contribution is 2.44. The van der Waals surface area contributed by atoms with E-state index in [0.717, 1.165) is 12.1 Å². The van der Waals surface area contributed by atoms with E-state index in [9.17, 15) is 26.3 Å². The standard InChI is InChI=1S/C12H12F6/c1-10(2,3)7-5-4-6-8(11(13,14)15)9(7)12(16,17)18/h4-6H,1-3H3. The minimum atomic E-state index is -5.03. The first-order valence-electron chi connectivity index (χ1n) is 5.13. The van der Waals surface area contributed by atoms with Crippen LogP contribution in [-0.2, 0) is 17.8 Å². The summed E-state index contributed by atoms with van der Waals surface area (Å²) < 4.78 is 76.5. The highest BCUT2D eigenvalue weighted by molar-refractivity contribution is 5.42. The van der Waals surface area contributed by atoms with Gasteiger partial charge in [-0.1, -0.05) is 32.9 Å². The van der Waals surface area contributed by atoms with Crippen molar-refractivity contribution in [2.45, 2.75) is 38.5 Å². The van der Waals surface area contributed by atoms with Gasteiger partial charge in [0.2, 0.25) is 0 Å². The van der Waals surface area contributed by atoms with E-state index >= 15 is 0 Å². The predicted octanol–water partition coefficient (Wildman–Crippen LogP) is 5.02. The molecule has 0 spiro atoms. The summed E-state index contributed by atoms with van der Waals surface area (Å²) in [6.07, 6.45) is -10.1. The second-order valence-corrected chi connectivity index (χ2v) is 4.97. The Hall–Kier alpha value is -1.20. The molecule has 0 aliphatic heterocycles. The van der Waals surface area contributed by atoms with Crippen LogP contribution in [0.4, 0.5) is 26.3 Å². The summed E-state index contributed by atoms with van der Waals surface area (Å²) in [5.41, 5.74) is -4.61. The Bertz CT molecular complexity index is 401. The molecular weight excluding hydrogens is 258 g/mol. The van der Waals surface area contributed by atoms with Gasteiger partial charge < -0.3 is 0 Å². The Balaban J connectivity index is 3.68. The molecule has 0 heterocycles. The van der Waals surface area contributed by atoms with Gasteiger partial charge >= 0.3 is 12.4 Å². The van der Waals surface area contributed by atoms with Gasteiger partial charge in [0, 0.05) is 0 Å². The maximum atomic E-state index is 12.9. The number of hydrogen-bond acceptors (Lipinski definition) is 0. The van der Waals surface area contributed by atoms with E-state index in [1.54, 1.807) is 0 Å². The number of benzene rings is 1. The van der Waals surface area contributed by atoms with Gasteiger partial charge in [0.15, 0.2) is 0 Å². The topological polar surface area (TPSA) is 0 Å². The molecule has 0 amide bonds. The Morgan fingerprint density at radius 1 is 0.722 bits per heavy atom. The Kier molecular flexibility index (Phi) is 3.44. The van der Waals surface area contributed by atoms with Gasteiger partial charge in [-0.15, -0.1) is 0 Å². The lowest BCUT2D eigenvalue weighted by molar-refractivity contribution is -0.162. The summed E-state index contributed by atoms with van der Waals surface area (Å²) in [6, 6.07) is 2.54. The van der Waals surface area contributed by atoms with E-state index < -0.39 is 28.9 Å². The van der Waals surface area contributed by atoms with Crippen LogP contribution in [0.25, 0.3) is 0 Å². The Morgan fingerprint density at radius 2 is 1.17 bits per heavy atom. The number of alkyl halides is 6. The first-order chi connectivity index (χ1) is 7.85. The van der Waals surface area contributed by atoms with Crippen molar-refractivity contribution in [3.8, 4) is 0 Å². The zero-order valence-corrected chi connectivity index (χ0v) is 10.00. The van der Waals surface area contributed by atoms with Crippen LogP contribution in [0.5, 0.6) is 0 Å². The zero-order valence-electron chi connectivity index (χ0n) is 10.00. The number of halogens is 6. The molecule has 0 fully saturated rings. The molecule has 0 nitrogen and oxygen atoms in total. The summed E-state index contributed by atoms with van der Waals surface area (Å²) in [7, 11) is 0. The summed E-state index contributed by atoms with van der Waals surface area (Å²) in [4.78, 5) is 0. The average Bonchev–Trinajstić information content (AvgIpc) is 2.12. The third-order valence-electron chi connectivity index (χ3n) is 2.46. The van der Waals surface area contributed by atoms with Gasteiger partial charge in [0.05, 0.1) is 11.1 Å². The minimum Gasteiger partial charge on any atom is -0.166 e. The van der Waals surface area contributed by atoms with Crippen LogP contribution >= 0.6 is 0 Å². The highest BCUT2D eigenvalue weighted by atomic mass is 19.4. The van der Waals surface area contributed by atoms with Crippen molar-refractivity contribution in [3.05, 3.63) is 34.9 Å². The fourth-order valence-electron chi connectivity index (χ4n) is 1.72. The molecule has 0 bridgehead atoms. The first kappa shape index (κ1) is 14.9. The molecule has 6 heteroatoms. The van der Waals surface area contributed by atoms with Crippen molar-refractivity contribution >= 4 is 0 Å². The van der Waals surface area contributed by atoms with Crippen molar-refractivity contribution in [1.82, 2.24) is 0 Å². The second kappa shape index (κ2) is 4.17. The van der Waals surface area contributed by atoms with Crippen LogP contribution in [0.1, 0.15) is 37.5 Å². The van der Waals surface area contributed by atoms with Crippen molar-refractivity contribution in [2.75, 3.05) is 0 Å². The van der Waals surface area contributed by atoms with Gasteiger partial charge in [-0.05, 0) is 17.0 Å². The van der Waals surface area contributed by atoms with E-state index in [1.807, 2.05) is 0 Å². The van der Waals surface area contributed by atoms with E-state index in [1.165, 1.54) is 20.8 Å². The van der Waals surface area contributed by atoms with Gasteiger partial charge in [0.1, 0.15) is 0 Å². The quantitative estimate of drug-likeness (QED) is 0.580. The Labute approximate surface area is 101 Å². The van der Waals surface area contributed by atoms with Gasteiger partial charge in [-0.25, -0.2) is 0 Å². The van der Waals surface area contributed by atoms with Crippen LogP contribution < -0.4 is 0 Å². The molecule has 1 aromatic rings. The predicted molar refractivity (Wildman–Crippen MR) is 55.1 cm³/mol. The molecule has 0 saturated heterocycles. The molecule has 0 unspecified atom stereocenters. The average molecular weight is 270 g/mol. The Morgan fingerprint density at radius 3 is 1.50 bits per heavy atom. The number of rotatable bonds is 0. The summed E-state index contributed by atoms with van der Waals surface area (Å²) in [6.45, 7) is 4.33. The molecule has 18 heavy (non-hydrogen) atoms. The summed E-state index contributed by atoms with van der Waals surface area (Å²) in [5, 5.41) is 0. The van der Waals surface area contributed by atoms with Crippen molar-refractivity contribution in [3.63, 3.8) is 0 Å². The van der Waals surface area contributed by atoms with Crippen molar-refractivity contribution in [1.29, 1.82) is 0 Å². The largest absolute Gasteiger partial charge is 0.417 e. The monoisotopic (exact) mass is 270 g/mol. The molecule has 1 rings (SSSR count). The smallest absolute Gasteiger partial charge is 0.166 e. The van der Waals surface area contributed by atoms with Crippen LogP contribution in [0.3, 0.4) is 0 Å². The van der Waals surface area contributed by atoms with E-state index in [-0.39, 0.29) is 5.56 Å². The van der Waals surface area contributed by atoms with Gasteiger partial charge in [-0.3, -0.25) is 0 Å². The summed E-state index contributed by atoms with van der Waals surface area (Å²) >= 11 is 0. The molecule has 0 aromatic heterocycles. The third kappa shape index (κ3) is 2.97. The lowest BCUT2D eigenvalue weighted by atomic mass is 9.82. The second-order valence-electron chi connectivity index (χ2n) is 4.97. The maximum Gasteiger partial charge on any atom is 0.417 e. The lowest BCUT2D eigenvalue weighted by Crippen LogP contribution is -2.24. The molecule has 0 N–H and O–H groups in total. The van der Waals surface area contributed by atoms with Gasteiger partial charge in [-0.2, -0.15) is 26.3 Å². The SMILES string of the molecule is CC(C)(C)c1cccc(C(F)(F)F)c1C(F)(F)F. The van der Waals surface area contributed by atoms with Crippen LogP contribution in [-0.4, -0.2) is 0 Å². The van der Waals surface area contributed by atoms with Crippen LogP contribution in [0.2, 0.25) is 0 Å². The number of hydrogen-bond donors (Lipinski definition) is 0. The van der Waals surface area contributed by atoms with E-state index in [4.69, 9.17) is 0 Å². The fraction of sp³-hybridized carbons (Fsp3) is 0.500. The lowest BCUT2D eigenvalue weighted by Gasteiger charge is -2.26. The molecule has 0 aliphatic rings. The first-order valence-corrected chi connectivity index (χ1v) is 5.13. The molecule has 102 valence electrons. The molecule has 0 atom stereocenters. The third-order valence-corrected chi connectivity index (χ3v) is 2.46. The zero-order chi connectivity index (χ0) is 14.4. The van der Waals surface area contributed by atoms with Gasteiger partial charge in [0.25, 0.3) is 0 Å². The van der Waals surface area contributed by atoms with Crippen LogP contribution in [0, 0.1) is 0 Å². The van der Waals surface area contributed by atoms with Crippen molar-refractivity contribution < 1.29 is 26.3 Å². The molecule has 0 radical (unpaired) electrons. The van der Waals surface area contributed by atoms with E-state index in [0.29, 0.717) is 6.07 Å². The molecule has 0 aliphatic carbocycles. The molecule has 0 saturated carbocycles. The molecular formula is C12H12F6. The molecule has 1 aromatic carbocycles. The van der Waals surface area contributed by atoms with E-state index in [2.05, 4.69) is 0 Å². The fourth-order valence-corrected chi connectivity index (χ4v) is 1.72. The summed E-state index contributed by atoms with van der Waals surface area (Å²) in [5.74, 6) is 0.